The van der Waals surface area contributed by atoms with E-state index in [9.17, 15) is 14.0 Å². The Morgan fingerprint density at radius 1 is 1.25 bits per heavy atom. The van der Waals surface area contributed by atoms with Gasteiger partial charge in [-0.3, -0.25) is 9.59 Å². The molecule has 1 aliphatic heterocycles. The molecule has 0 spiro atoms. The lowest BCUT2D eigenvalue weighted by atomic mass is 10.1. The van der Waals surface area contributed by atoms with Gasteiger partial charge in [0.2, 0.25) is 5.91 Å². The van der Waals surface area contributed by atoms with E-state index in [4.69, 9.17) is 4.42 Å². The maximum Gasteiger partial charge on any atom is 0.219 e. The average Bonchev–Trinajstić information content (AvgIpc) is 3.04. The minimum atomic E-state index is -0.375. The summed E-state index contributed by atoms with van der Waals surface area (Å²) in [6.45, 7) is 3.83. The molecular weight excluding hydrogens is 379 g/mol. The second-order valence-corrected chi connectivity index (χ2v) is 6.46. The number of carbonyl (C=O) groups excluding carboxylic acids is 2. The van der Waals surface area contributed by atoms with Crippen molar-refractivity contribution < 1.29 is 18.4 Å². The number of hydrogen-bond donors (Lipinski definition) is 0. The molecular formula is C17H16BrFN2O3. The third-order valence-electron chi connectivity index (χ3n) is 4.09. The number of amides is 1. The van der Waals surface area contributed by atoms with Crippen LogP contribution in [0.2, 0.25) is 0 Å². The van der Waals surface area contributed by atoms with Gasteiger partial charge in [-0.15, -0.1) is 0 Å². The van der Waals surface area contributed by atoms with Crippen molar-refractivity contribution in [3.05, 3.63) is 40.3 Å². The van der Waals surface area contributed by atoms with E-state index in [0.29, 0.717) is 53.9 Å². The fourth-order valence-corrected chi connectivity index (χ4v) is 3.51. The summed E-state index contributed by atoms with van der Waals surface area (Å²) in [6, 6.07) is 6.34. The number of anilines is 1. The van der Waals surface area contributed by atoms with Gasteiger partial charge in [-0.1, -0.05) is 0 Å². The summed E-state index contributed by atoms with van der Waals surface area (Å²) in [5.74, 6) is 0.295. The summed E-state index contributed by atoms with van der Waals surface area (Å²) in [5.41, 5.74) is 1.03. The smallest absolute Gasteiger partial charge is 0.219 e. The van der Waals surface area contributed by atoms with Crippen LogP contribution in [0.15, 0.2) is 33.2 Å². The second-order valence-electron chi connectivity index (χ2n) is 5.60. The fourth-order valence-electron chi connectivity index (χ4n) is 2.83. The van der Waals surface area contributed by atoms with Crippen LogP contribution in [0.3, 0.4) is 0 Å². The van der Waals surface area contributed by atoms with E-state index in [1.807, 2.05) is 4.90 Å². The van der Waals surface area contributed by atoms with Crippen LogP contribution in [0.1, 0.15) is 17.5 Å². The maximum absolute atomic E-state index is 14.7. The minimum Gasteiger partial charge on any atom is -0.453 e. The molecule has 0 saturated carbocycles. The lowest BCUT2D eigenvalue weighted by Gasteiger charge is -2.36. The van der Waals surface area contributed by atoms with Crippen LogP contribution in [0.5, 0.6) is 0 Å². The number of furan rings is 1. The number of rotatable bonds is 3. The monoisotopic (exact) mass is 394 g/mol. The van der Waals surface area contributed by atoms with Crippen LogP contribution < -0.4 is 4.90 Å². The molecule has 1 aromatic carbocycles. The Morgan fingerprint density at radius 2 is 1.96 bits per heavy atom. The number of piperazine rings is 1. The topological polar surface area (TPSA) is 53.8 Å². The highest BCUT2D eigenvalue weighted by Gasteiger charge is 2.23. The summed E-state index contributed by atoms with van der Waals surface area (Å²) in [4.78, 5) is 25.8. The highest BCUT2D eigenvalue weighted by Crippen LogP contribution is 2.35. The van der Waals surface area contributed by atoms with Crippen LogP contribution in [-0.2, 0) is 4.79 Å². The van der Waals surface area contributed by atoms with Crippen molar-refractivity contribution in [3.8, 4) is 11.3 Å². The molecule has 2 aromatic rings. The molecule has 1 amide bonds. The molecule has 1 fully saturated rings. The Hall–Kier alpha value is -2.15. The summed E-state index contributed by atoms with van der Waals surface area (Å²) >= 11 is 3.43. The molecule has 3 rings (SSSR count). The molecule has 0 N–H and O–H groups in total. The Bertz CT molecular complexity index is 759. The van der Waals surface area contributed by atoms with Gasteiger partial charge in [0.25, 0.3) is 0 Å². The molecule has 0 aliphatic carbocycles. The van der Waals surface area contributed by atoms with E-state index in [0.717, 1.165) is 0 Å². The molecule has 0 radical (unpaired) electrons. The van der Waals surface area contributed by atoms with Gasteiger partial charge in [0.15, 0.2) is 12.0 Å². The number of hydrogen-bond acceptors (Lipinski definition) is 4. The molecule has 0 unspecified atom stereocenters. The summed E-state index contributed by atoms with van der Waals surface area (Å²) < 4.78 is 20.6. The SMILES string of the molecule is CC(=O)N1CCN(c2c(F)cc(-c3ccc(C=O)o3)cc2Br)CC1. The van der Waals surface area contributed by atoms with Crippen molar-refractivity contribution in [1.82, 2.24) is 4.90 Å². The maximum atomic E-state index is 14.7. The largest absolute Gasteiger partial charge is 0.453 e. The number of benzene rings is 1. The van der Waals surface area contributed by atoms with Gasteiger partial charge >= 0.3 is 0 Å². The zero-order chi connectivity index (χ0) is 17.3. The first-order valence-corrected chi connectivity index (χ1v) is 8.34. The highest BCUT2D eigenvalue weighted by atomic mass is 79.9. The predicted molar refractivity (Wildman–Crippen MR) is 91.7 cm³/mol. The quantitative estimate of drug-likeness (QED) is 0.749. The Kier molecular flexibility index (Phi) is 4.71. The van der Waals surface area contributed by atoms with Crippen LogP contribution in [-0.4, -0.2) is 43.3 Å². The molecule has 126 valence electrons. The normalized spacial score (nSPS) is 14.8. The summed E-state index contributed by atoms with van der Waals surface area (Å²) in [6.07, 6.45) is 0.609. The van der Waals surface area contributed by atoms with Gasteiger partial charge in [-0.25, -0.2) is 4.39 Å². The van der Waals surface area contributed by atoms with Gasteiger partial charge in [0, 0.05) is 43.1 Å². The zero-order valence-electron chi connectivity index (χ0n) is 13.1. The van der Waals surface area contributed by atoms with Crippen molar-refractivity contribution >= 4 is 33.8 Å². The van der Waals surface area contributed by atoms with Crippen LogP contribution in [0.4, 0.5) is 10.1 Å². The van der Waals surface area contributed by atoms with Crippen molar-refractivity contribution in [2.24, 2.45) is 0 Å². The summed E-state index contributed by atoms with van der Waals surface area (Å²) in [7, 11) is 0. The first kappa shape index (κ1) is 16.7. The van der Waals surface area contributed by atoms with E-state index in [2.05, 4.69) is 15.9 Å². The third kappa shape index (κ3) is 3.21. The lowest BCUT2D eigenvalue weighted by molar-refractivity contribution is -0.129. The van der Waals surface area contributed by atoms with Crippen molar-refractivity contribution in [2.75, 3.05) is 31.1 Å². The first-order chi connectivity index (χ1) is 11.5. The second kappa shape index (κ2) is 6.76. The average molecular weight is 395 g/mol. The predicted octanol–water partition coefficient (Wildman–Crippen LogP) is 3.33. The van der Waals surface area contributed by atoms with E-state index in [1.165, 1.54) is 13.0 Å². The standard InChI is InChI=1S/C17H16BrFN2O3/c1-11(23)20-4-6-21(7-5-20)17-14(18)8-12(9-15(17)19)16-3-2-13(10-22)24-16/h2-3,8-10H,4-7H2,1H3. The Morgan fingerprint density at radius 3 is 2.50 bits per heavy atom. The molecule has 2 heterocycles. The van der Waals surface area contributed by atoms with E-state index < -0.39 is 0 Å². The van der Waals surface area contributed by atoms with Crippen molar-refractivity contribution in [1.29, 1.82) is 0 Å². The van der Waals surface area contributed by atoms with E-state index >= 15 is 0 Å². The van der Waals surface area contributed by atoms with Gasteiger partial charge < -0.3 is 14.2 Å². The molecule has 1 aromatic heterocycles. The molecule has 1 saturated heterocycles. The number of carbonyl (C=O) groups is 2. The van der Waals surface area contributed by atoms with E-state index in [1.54, 1.807) is 23.1 Å². The minimum absolute atomic E-state index is 0.0355. The molecule has 5 nitrogen and oxygen atoms in total. The number of aldehydes is 1. The van der Waals surface area contributed by atoms with Gasteiger partial charge in [-0.2, -0.15) is 0 Å². The number of nitrogens with zero attached hydrogens (tertiary/aromatic N) is 2. The Labute approximate surface area is 147 Å². The van der Waals surface area contributed by atoms with Crippen molar-refractivity contribution in [2.45, 2.75) is 6.92 Å². The highest BCUT2D eigenvalue weighted by molar-refractivity contribution is 9.10. The molecule has 0 atom stereocenters. The van der Waals surface area contributed by atoms with Crippen LogP contribution in [0, 0.1) is 5.82 Å². The van der Waals surface area contributed by atoms with Gasteiger partial charge in [0.1, 0.15) is 11.6 Å². The first-order valence-electron chi connectivity index (χ1n) is 7.54. The molecule has 7 heteroatoms. The summed E-state index contributed by atoms with van der Waals surface area (Å²) in [5, 5.41) is 0. The van der Waals surface area contributed by atoms with Gasteiger partial charge in [-0.05, 0) is 40.2 Å². The van der Waals surface area contributed by atoms with E-state index in [-0.39, 0.29) is 17.5 Å². The van der Waals surface area contributed by atoms with Crippen molar-refractivity contribution in [3.63, 3.8) is 0 Å². The third-order valence-corrected chi connectivity index (χ3v) is 4.69. The van der Waals surface area contributed by atoms with Crippen LogP contribution in [0.25, 0.3) is 11.3 Å². The fraction of sp³-hybridized carbons (Fsp3) is 0.294. The zero-order valence-corrected chi connectivity index (χ0v) is 14.7. The molecule has 0 bridgehead atoms. The Balaban J connectivity index is 1.85. The molecule has 24 heavy (non-hydrogen) atoms. The lowest BCUT2D eigenvalue weighted by Crippen LogP contribution is -2.48. The van der Waals surface area contributed by atoms with Gasteiger partial charge in [0.05, 0.1) is 5.69 Å². The van der Waals surface area contributed by atoms with Crippen LogP contribution >= 0.6 is 15.9 Å². The number of halogens is 2. The molecule has 1 aliphatic rings.